The molecule has 0 aliphatic heterocycles. The fraction of sp³-hybridized carbons (Fsp3) is 0.700. The average Bonchev–Trinajstić information content (AvgIpc) is 2.24. The van der Waals surface area contributed by atoms with E-state index >= 15 is 0 Å². The first-order valence-corrected chi connectivity index (χ1v) is 5.38. The third kappa shape index (κ3) is 6.63. The smallest absolute Gasteiger partial charge is 0.405 e. The van der Waals surface area contributed by atoms with E-state index in [1.807, 2.05) is 0 Å². The number of alkyl halides is 3. The van der Waals surface area contributed by atoms with Gasteiger partial charge < -0.3 is 15.7 Å². The van der Waals surface area contributed by atoms with Gasteiger partial charge in [0.2, 0.25) is 11.8 Å². The summed E-state index contributed by atoms with van der Waals surface area (Å²) < 4.78 is 35.4. The lowest BCUT2D eigenvalue weighted by Gasteiger charge is -2.24. The molecule has 6 nitrogen and oxygen atoms in total. The Morgan fingerprint density at radius 3 is 2.05 bits per heavy atom. The molecule has 0 bridgehead atoms. The molecule has 0 saturated heterocycles. The number of carbonyl (C=O) groups is 3. The van der Waals surface area contributed by atoms with E-state index in [-0.39, 0.29) is 6.42 Å². The van der Waals surface area contributed by atoms with Crippen molar-refractivity contribution in [1.29, 1.82) is 0 Å². The van der Waals surface area contributed by atoms with Gasteiger partial charge in [0.25, 0.3) is 0 Å². The molecule has 0 aromatic heterocycles. The van der Waals surface area contributed by atoms with Crippen LogP contribution in [0.25, 0.3) is 0 Å². The Labute approximate surface area is 107 Å². The number of carboxylic acid groups (broad SMARTS) is 1. The number of rotatable bonds is 6. The highest BCUT2D eigenvalue weighted by Gasteiger charge is 2.33. The third-order valence-electron chi connectivity index (χ3n) is 2.40. The molecule has 110 valence electrons. The summed E-state index contributed by atoms with van der Waals surface area (Å²) in [5.41, 5.74) is -1.55. The molecule has 0 aliphatic carbocycles. The van der Waals surface area contributed by atoms with Crippen molar-refractivity contribution < 1.29 is 32.7 Å². The third-order valence-corrected chi connectivity index (χ3v) is 2.40. The molecule has 3 N–H and O–H groups in total. The monoisotopic (exact) mass is 284 g/mol. The highest BCUT2D eigenvalue weighted by Crippen LogP contribution is 2.12. The average molecular weight is 284 g/mol. The van der Waals surface area contributed by atoms with Gasteiger partial charge in [-0.3, -0.25) is 9.59 Å². The van der Waals surface area contributed by atoms with Crippen molar-refractivity contribution in [2.75, 3.05) is 6.54 Å². The van der Waals surface area contributed by atoms with Crippen molar-refractivity contribution in [3.63, 3.8) is 0 Å². The van der Waals surface area contributed by atoms with E-state index in [2.05, 4.69) is 5.32 Å². The SMILES string of the molecule is CCC(C)(NC(=O)CC(=O)NCC(F)(F)F)C(=O)O. The second-order valence-electron chi connectivity index (χ2n) is 4.11. The van der Waals surface area contributed by atoms with E-state index in [1.54, 1.807) is 0 Å². The van der Waals surface area contributed by atoms with Gasteiger partial charge in [-0.1, -0.05) is 6.92 Å². The zero-order valence-electron chi connectivity index (χ0n) is 10.4. The van der Waals surface area contributed by atoms with Crippen molar-refractivity contribution in [2.45, 2.75) is 38.4 Å². The quantitative estimate of drug-likeness (QED) is 0.616. The van der Waals surface area contributed by atoms with Gasteiger partial charge in [0, 0.05) is 0 Å². The topological polar surface area (TPSA) is 95.5 Å². The van der Waals surface area contributed by atoms with Crippen LogP contribution in [0.2, 0.25) is 0 Å². The summed E-state index contributed by atoms with van der Waals surface area (Å²) in [7, 11) is 0. The molecule has 0 radical (unpaired) electrons. The minimum absolute atomic E-state index is 0.0677. The van der Waals surface area contributed by atoms with E-state index in [1.165, 1.54) is 19.2 Å². The second-order valence-corrected chi connectivity index (χ2v) is 4.11. The largest absolute Gasteiger partial charge is 0.480 e. The Kier molecular flexibility index (Phi) is 5.79. The fourth-order valence-electron chi connectivity index (χ4n) is 1.05. The number of halogens is 3. The summed E-state index contributed by atoms with van der Waals surface area (Å²) in [6.07, 6.45) is -5.36. The van der Waals surface area contributed by atoms with E-state index in [0.29, 0.717) is 0 Å². The lowest BCUT2D eigenvalue weighted by Crippen LogP contribution is -2.52. The summed E-state index contributed by atoms with van der Waals surface area (Å²) in [6.45, 7) is 1.21. The molecular formula is C10H15F3N2O4. The predicted molar refractivity (Wildman–Crippen MR) is 58.2 cm³/mol. The first-order valence-electron chi connectivity index (χ1n) is 5.38. The van der Waals surface area contributed by atoms with E-state index < -0.39 is 42.5 Å². The first-order chi connectivity index (χ1) is 8.50. The Hall–Kier alpha value is -1.80. The fourth-order valence-corrected chi connectivity index (χ4v) is 1.05. The molecule has 0 aromatic rings. The maximum absolute atomic E-state index is 11.8. The van der Waals surface area contributed by atoms with Crippen LogP contribution < -0.4 is 10.6 Å². The normalized spacial score (nSPS) is 14.4. The molecule has 0 saturated carbocycles. The highest BCUT2D eigenvalue weighted by atomic mass is 19.4. The van der Waals surface area contributed by atoms with Gasteiger partial charge in [-0.05, 0) is 13.3 Å². The molecule has 9 heteroatoms. The molecule has 0 heterocycles. The van der Waals surface area contributed by atoms with Crippen molar-refractivity contribution in [1.82, 2.24) is 10.6 Å². The number of nitrogens with one attached hydrogen (secondary N) is 2. The molecule has 0 fully saturated rings. The first kappa shape index (κ1) is 17.2. The minimum atomic E-state index is -4.56. The molecular weight excluding hydrogens is 269 g/mol. The van der Waals surface area contributed by atoms with Gasteiger partial charge in [0.05, 0.1) is 0 Å². The summed E-state index contributed by atoms with van der Waals surface area (Å²) in [5, 5.41) is 12.5. The van der Waals surface area contributed by atoms with Crippen molar-refractivity contribution in [3.8, 4) is 0 Å². The van der Waals surface area contributed by atoms with Crippen LogP contribution in [0.5, 0.6) is 0 Å². The zero-order valence-corrected chi connectivity index (χ0v) is 10.4. The Balaban J connectivity index is 4.32. The Morgan fingerprint density at radius 1 is 1.16 bits per heavy atom. The number of aliphatic carboxylic acids is 1. The van der Waals surface area contributed by atoms with Crippen LogP contribution >= 0.6 is 0 Å². The zero-order chi connectivity index (χ0) is 15.3. The van der Waals surface area contributed by atoms with Crippen molar-refractivity contribution in [2.24, 2.45) is 0 Å². The molecule has 0 aliphatic rings. The maximum atomic E-state index is 11.8. The van der Waals surface area contributed by atoms with Crippen LogP contribution in [0.1, 0.15) is 26.7 Å². The number of amides is 2. The van der Waals surface area contributed by atoms with Gasteiger partial charge in [0.1, 0.15) is 18.5 Å². The second kappa shape index (κ2) is 6.39. The minimum Gasteiger partial charge on any atom is -0.480 e. The molecule has 0 spiro atoms. The van der Waals surface area contributed by atoms with Gasteiger partial charge in [-0.15, -0.1) is 0 Å². The van der Waals surface area contributed by atoms with E-state index in [4.69, 9.17) is 5.11 Å². The Bertz CT molecular complexity index is 370. The summed E-state index contributed by atoms with van der Waals surface area (Å²) >= 11 is 0. The molecule has 2 amide bonds. The summed E-state index contributed by atoms with van der Waals surface area (Å²) in [4.78, 5) is 33.2. The Morgan fingerprint density at radius 2 is 1.68 bits per heavy atom. The van der Waals surface area contributed by atoms with Crippen LogP contribution in [-0.4, -0.2) is 41.2 Å². The molecule has 19 heavy (non-hydrogen) atoms. The highest BCUT2D eigenvalue weighted by molar-refractivity contribution is 5.98. The van der Waals surface area contributed by atoms with Crippen molar-refractivity contribution in [3.05, 3.63) is 0 Å². The van der Waals surface area contributed by atoms with Crippen LogP contribution in [-0.2, 0) is 14.4 Å². The number of hydrogen-bond donors (Lipinski definition) is 3. The summed E-state index contributed by atoms with van der Waals surface area (Å²) in [6, 6.07) is 0. The summed E-state index contributed by atoms with van der Waals surface area (Å²) in [5.74, 6) is -3.37. The van der Waals surface area contributed by atoms with Gasteiger partial charge in [-0.25, -0.2) is 4.79 Å². The molecule has 0 aromatic carbocycles. The van der Waals surface area contributed by atoms with Gasteiger partial charge >= 0.3 is 12.1 Å². The number of hydrogen-bond acceptors (Lipinski definition) is 3. The standard InChI is InChI=1S/C10H15F3N2O4/c1-3-9(2,8(18)19)15-7(17)4-6(16)14-5-10(11,12)13/h3-5H2,1-2H3,(H,14,16)(H,15,17)(H,18,19). The van der Waals surface area contributed by atoms with Crippen LogP contribution in [0.3, 0.4) is 0 Å². The number of carboxylic acids is 1. The van der Waals surface area contributed by atoms with E-state index in [9.17, 15) is 27.6 Å². The lowest BCUT2D eigenvalue weighted by molar-refractivity contribution is -0.148. The molecule has 0 rings (SSSR count). The maximum Gasteiger partial charge on any atom is 0.405 e. The van der Waals surface area contributed by atoms with Crippen LogP contribution in [0, 0.1) is 0 Å². The van der Waals surface area contributed by atoms with Gasteiger partial charge in [-0.2, -0.15) is 13.2 Å². The van der Waals surface area contributed by atoms with Gasteiger partial charge in [0.15, 0.2) is 0 Å². The number of carbonyl (C=O) groups excluding carboxylic acids is 2. The van der Waals surface area contributed by atoms with Crippen LogP contribution in [0.4, 0.5) is 13.2 Å². The van der Waals surface area contributed by atoms with Crippen molar-refractivity contribution >= 4 is 17.8 Å². The van der Waals surface area contributed by atoms with E-state index in [0.717, 1.165) is 0 Å². The molecule has 1 unspecified atom stereocenters. The lowest BCUT2D eigenvalue weighted by atomic mass is 9.99. The molecule has 1 atom stereocenters. The van der Waals surface area contributed by atoms with Crippen LogP contribution in [0.15, 0.2) is 0 Å². The predicted octanol–water partition coefficient (Wildman–Crippen LogP) is 0.424.